The number of nitrogens with two attached hydrogens (primary N) is 1. The molecule has 1 aromatic rings. The fraction of sp³-hybridized carbons (Fsp3) is 0.625. The highest BCUT2D eigenvalue weighted by Gasteiger charge is 2.24. The van der Waals surface area contributed by atoms with Gasteiger partial charge in [-0.2, -0.15) is 0 Å². The summed E-state index contributed by atoms with van der Waals surface area (Å²) in [5.74, 6) is 0.845. The van der Waals surface area contributed by atoms with Crippen LogP contribution < -0.4 is 5.14 Å². The SMILES string of the molecule is Cc1nc2n(c1S(N)(=O)=O)CCCC2. The van der Waals surface area contributed by atoms with Gasteiger partial charge in [0.25, 0.3) is 10.0 Å². The van der Waals surface area contributed by atoms with E-state index in [9.17, 15) is 8.42 Å². The molecule has 2 N–H and O–H groups in total. The summed E-state index contributed by atoms with van der Waals surface area (Å²) in [7, 11) is -3.63. The summed E-state index contributed by atoms with van der Waals surface area (Å²) >= 11 is 0. The average Bonchev–Trinajstić information content (AvgIpc) is 2.38. The Bertz CT molecular complexity index is 461. The maximum absolute atomic E-state index is 11.3. The van der Waals surface area contributed by atoms with E-state index in [2.05, 4.69) is 4.98 Å². The lowest BCUT2D eigenvalue weighted by molar-refractivity contribution is 0.487. The fourth-order valence-electron chi connectivity index (χ4n) is 1.95. The molecule has 0 aromatic carbocycles. The van der Waals surface area contributed by atoms with Crippen LogP contribution in [0.2, 0.25) is 0 Å². The summed E-state index contributed by atoms with van der Waals surface area (Å²) in [4.78, 5) is 4.22. The van der Waals surface area contributed by atoms with Crippen molar-refractivity contribution < 1.29 is 8.42 Å². The third kappa shape index (κ3) is 1.44. The predicted molar refractivity (Wildman–Crippen MR) is 51.3 cm³/mol. The number of primary sulfonamides is 1. The quantitative estimate of drug-likeness (QED) is 0.725. The highest BCUT2D eigenvalue weighted by molar-refractivity contribution is 7.89. The second kappa shape index (κ2) is 3.06. The monoisotopic (exact) mass is 215 g/mol. The molecule has 14 heavy (non-hydrogen) atoms. The fourth-order valence-corrected chi connectivity index (χ4v) is 2.91. The lowest BCUT2D eigenvalue weighted by Crippen LogP contribution is -2.21. The summed E-state index contributed by atoms with van der Waals surface area (Å²) in [6, 6.07) is 0. The molecule has 0 amide bonds. The summed E-state index contributed by atoms with van der Waals surface area (Å²) in [5, 5.41) is 5.32. The molecule has 5 nitrogen and oxygen atoms in total. The normalized spacial score (nSPS) is 16.7. The lowest BCUT2D eigenvalue weighted by Gasteiger charge is -2.15. The zero-order valence-electron chi connectivity index (χ0n) is 8.02. The van der Waals surface area contributed by atoms with Gasteiger partial charge in [-0.1, -0.05) is 0 Å². The molecule has 0 unspecified atom stereocenters. The first-order valence-corrected chi connectivity index (χ1v) is 6.13. The summed E-state index contributed by atoms with van der Waals surface area (Å²) in [6.45, 7) is 2.40. The van der Waals surface area contributed by atoms with Crippen molar-refractivity contribution in [1.82, 2.24) is 9.55 Å². The molecular weight excluding hydrogens is 202 g/mol. The van der Waals surface area contributed by atoms with Crippen molar-refractivity contribution in [3.8, 4) is 0 Å². The van der Waals surface area contributed by atoms with Gasteiger partial charge in [-0.05, 0) is 19.8 Å². The Morgan fingerprint density at radius 1 is 1.43 bits per heavy atom. The molecule has 78 valence electrons. The standard InChI is InChI=1S/C8H13N3O2S/c1-6-8(14(9,12)13)11-5-3-2-4-7(11)10-6/h2-5H2,1H3,(H2,9,12,13). The molecule has 1 aromatic heterocycles. The zero-order valence-corrected chi connectivity index (χ0v) is 8.84. The molecule has 0 spiro atoms. The van der Waals surface area contributed by atoms with Gasteiger partial charge >= 0.3 is 0 Å². The number of aromatic nitrogens is 2. The number of rotatable bonds is 1. The summed E-state index contributed by atoms with van der Waals surface area (Å²) in [6.07, 6.45) is 2.90. The van der Waals surface area contributed by atoms with Gasteiger partial charge in [-0.25, -0.2) is 18.5 Å². The second-order valence-corrected chi connectivity index (χ2v) is 5.05. The van der Waals surface area contributed by atoms with E-state index < -0.39 is 10.0 Å². The molecule has 1 aliphatic heterocycles. The van der Waals surface area contributed by atoms with E-state index in [1.807, 2.05) is 0 Å². The van der Waals surface area contributed by atoms with Crippen molar-refractivity contribution in [3.05, 3.63) is 11.5 Å². The molecule has 6 heteroatoms. The second-order valence-electron chi connectivity index (χ2n) is 3.57. The Hall–Kier alpha value is -0.880. The Morgan fingerprint density at radius 3 is 2.79 bits per heavy atom. The van der Waals surface area contributed by atoms with Crippen molar-refractivity contribution in [3.63, 3.8) is 0 Å². The van der Waals surface area contributed by atoms with E-state index in [4.69, 9.17) is 5.14 Å². The minimum Gasteiger partial charge on any atom is -0.318 e. The Balaban J connectivity index is 2.65. The Morgan fingerprint density at radius 2 is 2.14 bits per heavy atom. The minimum atomic E-state index is -3.63. The maximum Gasteiger partial charge on any atom is 0.255 e. The third-order valence-corrected chi connectivity index (χ3v) is 3.52. The van der Waals surface area contributed by atoms with Crippen LogP contribution >= 0.6 is 0 Å². The van der Waals surface area contributed by atoms with E-state index in [0.29, 0.717) is 12.2 Å². The molecule has 0 bridgehead atoms. The summed E-state index contributed by atoms with van der Waals surface area (Å²) in [5.41, 5.74) is 0.518. The number of imidazole rings is 1. The maximum atomic E-state index is 11.3. The van der Waals surface area contributed by atoms with Crippen LogP contribution in [0.3, 0.4) is 0 Å². The highest BCUT2D eigenvalue weighted by atomic mass is 32.2. The van der Waals surface area contributed by atoms with Gasteiger partial charge in [0.2, 0.25) is 0 Å². The van der Waals surface area contributed by atoms with Gasteiger partial charge in [0.05, 0.1) is 5.69 Å². The third-order valence-electron chi connectivity index (χ3n) is 2.46. The van der Waals surface area contributed by atoms with Gasteiger partial charge < -0.3 is 4.57 Å². The first-order chi connectivity index (χ1) is 6.50. The van der Waals surface area contributed by atoms with Crippen molar-refractivity contribution in [2.24, 2.45) is 5.14 Å². The van der Waals surface area contributed by atoms with Gasteiger partial charge in [-0.15, -0.1) is 0 Å². The number of sulfonamides is 1. The molecule has 0 atom stereocenters. The van der Waals surface area contributed by atoms with Gasteiger partial charge in [0, 0.05) is 13.0 Å². The van der Waals surface area contributed by atoms with E-state index in [1.54, 1.807) is 11.5 Å². The van der Waals surface area contributed by atoms with E-state index in [-0.39, 0.29) is 5.03 Å². The Kier molecular flexibility index (Phi) is 2.11. The Labute approximate surface area is 83.0 Å². The van der Waals surface area contributed by atoms with E-state index in [0.717, 1.165) is 25.1 Å². The number of nitrogens with zero attached hydrogens (tertiary/aromatic N) is 2. The number of hydrogen-bond acceptors (Lipinski definition) is 3. The molecule has 0 saturated heterocycles. The first kappa shape index (κ1) is 9.67. The number of aryl methyl sites for hydroxylation is 2. The van der Waals surface area contributed by atoms with Crippen LogP contribution in [0, 0.1) is 6.92 Å². The van der Waals surface area contributed by atoms with Gasteiger partial charge in [0.1, 0.15) is 5.82 Å². The topological polar surface area (TPSA) is 78.0 Å². The molecule has 0 radical (unpaired) electrons. The molecule has 0 fully saturated rings. The molecule has 0 aliphatic carbocycles. The van der Waals surface area contributed by atoms with Crippen LogP contribution in [0.4, 0.5) is 0 Å². The van der Waals surface area contributed by atoms with Crippen LogP contribution in [0.1, 0.15) is 24.4 Å². The number of hydrogen-bond donors (Lipinski definition) is 1. The molecule has 2 heterocycles. The largest absolute Gasteiger partial charge is 0.318 e. The zero-order chi connectivity index (χ0) is 10.3. The first-order valence-electron chi connectivity index (χ1n) is 4.59. The van der Waals surface area contributed by atoms with E-state index >= 15 is 0 Å². The van der Waals surface area contributed by atoms with Crippen LogP contribution in [0.25, 0.3) is 0 Å². The van der Waals surface area contributed by atoms with Crippen molar-refractivity contribution >= 4 is 10.0 Å². The van der Waals surface area contributed by atoms with Gasteiger partial charge in [-0.3, -0.25) is 0 Å². The van der Waals surface area contributed by atoms with Crippen molar-refractivity contribution in [2.45, 2.75) is 37.8 Å². The van der Waals surface area contributed by atoms with Crippen LogP contribution in [0.5, 0.6) is 0 Å². The predicted octanol–water partition coefficient (Wildman–Crippen LogP) is 0.175. The summed E-state index contributed by atoms with van der Waals surface area (Å²) < 4.78 is 24.3. The lowest BCUT2D eigenvalue weighted by atomic mass is 10.2. The average molecular weight is 215 g/mol. The van der Waals surface area contributed by atoms with Crippen molar-refractivity contribution in [2.75, 3.05) is 0 Å². The van der Waals surface area contributed by atoms with E-state index in [1.165, 1.54) is 0 Å². The van der Waals surface area contributed by atoms with Crippen LogP contribution in [-0.4, -0.2) is 18.0 Å². The molecule has 1 aliphatic rings. The van der Waals surface area contributed by atoms with Crippen molar-refractivity contribution in [1.29, 1.82) is 0 Å². The molecule has 0 saturated carbocycles. The smallest absolute Gasteiger partial charge is 0.255 e. The van der Waals surface area contributed by atoms with Crippen LogP contribution in [-0.2, 0) is 23.0 Å². The van der Waals surface area contributed by atoms with Crippen LogP contribution in [0.15, 0.2) is 5.03 Å². The van der Waals surface area contributed by atoms with Gasteiger partial charge in [0.15, 0.2) is 5.03 Å². The number of fused-ring (bicyclic) bond motifs is 1. The molecule has 2 rings (SSSR count). The highest BCUT2D eigenvalue weighted by Crippen LogP contribution is 2.21. The minimum absolute atomic E-state index is 0.187. The molecular formula is C8H13N3O2S.